The van der Waals surface area contributed by atoms with Crippen molar-refractivity contribution >= 4 is 40.8 Å². The molecule has 2 aromatic rings. The van der Waals surface area contributed by atoms with Crippen LogP contribution in [0, 0.1) is 0 Å². The van der Waals surface area contributed by atoms with E-state index in [4.69, 9.17) is 0 Å². The standard InChI is InChI=1S/C17H18N4OS/c22-13-3-5-21(6-4-13)17-15-8-12(7-14-9-18-11-23-14)1-2-16(15)19-10-20-17/h1-2,7-10,13,22H,3-6,11H2. The van der Waals surface area contributed by atoms with Gasteiger partial charge in [-0.1, -0.05) is 6.07 Å². The van der Waals surface area contributed by atoms with E-state index in [0.717, 1.165) is 54.1 Å². The minimum atomic E-state index is -0.182. The lowest BCUT2D eigenvalue weighted by Crippen LogP contribution is -2.36. The van der Waals surface area contributed by atoms with Gasteiger partial charge in [-0.2, -0.15) is 0 Å². The van der Waals surface area contributed by atoms with E-state index in [0.29, 0.717) is 0 Å². The van der Waals surface area contributed by atoms with E-state index in [-0.39, 0.29) is 6.10 Å². The average molecular weight is 326 g/mol. The lowest BCUT2D eigenvalue weighted by molar-refractivity contribution is 0.145. The minimum Gasteiger partial charge on any atom is -0.393 e. The third-order valence-electron chi connectivity index (χ3n) is 4.24. The quantitative estimate of drug-likeness (QED) is 0.919. The SMILES string of the molecule is OC1CCN(c2ncnc3ccc(C=C4C=NCS4)cc23)CC1. The first-order valence-electron chi connectivity index (χ1n) is 7.82. The highest BCUT2D eigenvalue weighted by atomic mass is 32.2. The first kappa shape index (κ1) is 14.7. The molecule has 23 heavy (non-hydrogen) atoms. The molecular formula is C17H18N4OS. The number of aliphatic hydroxyl groups excluding tert-OH is 1. The van der Waals surface area contributed by atoms with Crippen LogP contribution >= 0.6 is 11.8 Å². The molecule has 0 aliphatic carbocycles. The number of benzene rings is 1. The molecule has 5 nitrogen and oxygen atoms in total. The van der Waals surface area contributed by atoms with E-state index in [1.807, 2.05) is 12.3 Å². The molecular weight excluding hydrogens is 308 g/mol. The van der Waals surface area contributed by atoms with Crippen molar-refractivity contribution in [1.29, 1.82) is 0 Å². The molecule has 0 atom stereocenters. The Labute approximate surface area is 139 Å². The van der Waals surface area contributed by atoms with Crippen molar-refractivity contribution < 1.29 is 5.11 Å². The van der Waals surface area contributed by atoms with Gasteiger partial charge in [0.15, 0.2) is 0 Å². The van der Waals surface area contributed by atoms with Crippen LogP contribution in [-0.4, -0.2) is 46.4 Å². The number of anilines is 1. The molecule has 1 aromatic carbocycles. The molecule has 0 saturated carbocycles. The number of hydrogen-bond donors (Lipinski definition) is 1. The molecule has 118 valence electrons. The van der Waals surface area contributed by atoms with Crippen molar-refractivity contribution in [3.63, 3.8) is 0 Å². The van der Waals surface area contributed by atoms with E-state index in [9.17, 15) is 5.11 Å². The maximum atomic E-state index is 9.71. The number of aromatic nitrogens is 2. The molecule has 1 fully saturated rings. The van der Waals surface area contributed by atoms with Gasteiger partial charge in [0.1, 0.15) is 12.1 Å². The summed E-state index contributed by atoms with van der Waals surface area (Å²) in [5.74, 6) is 1.78. The molecule has 0 spiro atoms. The van der Waals surface area contributed by atoms with E-state index < -0.39 is 0 Å². The smallest absolute Gasteiger partial charge is 0.139 e. The minimum absolute atomic E-state index is 0.182. The van der Waals surface area contributed by atoms with Crippen molar-refractivity contribution in [3.05, 3.63) is 35.0 Å². The first-order chi connectivity index (χ1) is 11.3. The van der Waals surface area contributed by atoms with Gasteiger partial charge in [0.2, 0.25) is 0 Å². The monoisotopic (exact) mass is 326 g/mol. The van der Waals surface area contributed by atoms with Crippen LogP contribution in [0.15, 0.2) is 34.4 Å². The highest BCUT2D eigenvalue weighted by Crippen LogP contribution is 2.28. The van der Waals surface area contributed by atoms with Crippen LogP contribution in [0.3, 0.4) is 0 Å². The Morgan fingerprint density at radius 2 is 2.09 bits per heavy atom. The Kier molecular flexibility index (Phi) is 4.01. The second-order valence-electron chi connectivity index (χ2n) is 5.82. The number of nitrogens with zero attached hydrogens (tertiary/aromatic N) is 4. The Morgan fingerprint density at radius 3 is 2.87 bits per heavy atom. The van der Waals surface area contributed by atoms with Crippen LogP contribution in [-0.2, 0) is 0 Å². The maximum absolute atomic E-state index is 9.71. The molecule has 6 heteroatoms. The van der Waals surface area contributed by atoms with Gasteiger partial charge in [0.25, 0.3) is 0 Å². The van der Waals surface area contributed by atoms with E-state index in [1.165, 1.54) is 4.91 Å². The number of hydrogen-bond acceptors (Lipinski definition) is 6. The van der Waals surface area contributed by atoms with Gasteiger partial charge in [-0.3, -0.25) is 4.99 Å². The van der Waals surface area contributed by atoms with Crippen molar-refractivity contribution in [3.8, 4) is 0 Å². The number of piperidine rings is 1. The molecule has 0 bridgehead atoms. The highest BCUT2D eigenvalue weighted by molar-refractivity contribution is 8.04. The van der Waals surface area contributed by atoms with Gasteiger partial charge in [-0.15, -0.1) is 11.8 Å². The van der Waals surface area contributed by atoms with Crippen LogP contribution in [0.1, 0.15) is 18.4 Å². The van der Waals surface area contributed by atoms with Crippen molar-refractivity contribution in [2.24, 2.45) is 4.99 Å². The van der Waals surface area contributed by atoms with Crippen molar-refractivity contribution in [2.45, 2.75) is 18.9 Å². The molecule has 2 aliphatic rings. The van der Waals surface area contributed by atoms with Crippen LogP contribution in [0.2, 0.25) is 0 Å². The molecule has 1 N–H and O–H groups in total. The predicted octanol–water partition coefficient (Wildman–Crippen LogP) is 2.71. The molecule has 1 aromatic heterocycles. The van der Waals surface area contributed by atoms with Crippen LogP contribution in [0.25, 0.3) is 17.0 Å². The normalized spacial score (nSPS) is 20.7. The largest absolute Gasteiger partial charge is 0.393 e. The van der Waals surface area contributed by atoms with Gasteiger partial charge in [-0.05, 0) is 36.6 Å². The zero-order chi connectivity index (χ0) is 15.6. The summed E-state index contributed by atoms with van der Waals surface area (Å²) in [5, 5.41) is 10.8. The summed E-state index contributed by atoms with van der Waals surface area (Å²) in [6.07, 6.45) is 7.10. The average Bonchev–Trinajstić information content (AvgIpc) is 3.08. The Bertz CT molecular complexity index is 781. The van der Waals surface area contributed by atoms with E-state index in [1.54, 1.807) is 18.1 Å². The third kappa shape index (κ3) is 3.09. The number of aliphatic imine (C=N–C) groups is 1. The van der Waals surface area contributed by atoms with E-state index in [2.05, 4.69) is 38.1 Å². The third-order valence-corrected chi connectivity index (χ3v) is 5.07. The number of rotatable bonds is 2. The summed E-state index contributed by atoms with van der Waals surface area (Å²) in [5.41, 5.74) is 2.09. The summed E-state index contributed by atoms with van der Waals surface area (Å²) < 4.78 is 0. The molecule has 1 saturated heterocycles. The molecule has 0 amide bonds. The fourth-order valence-corrected chi connectivity index (χ4v) is 3.67. The highest BCUT2D eigenvalue weighted by Gasteiger charge is 2.20. The van der Waals surface area contributed by atoms with Crippen LogP contribution in [0.4, 0.5) is 5.82 Å². The Hall–Kier alpha value is -1.92. The van der Waals surface area contributed by atoms with Gasteiger partial charge in [0, 0.05) is 29.6 Å². The fraction of sp³-hybridized carbons (Fsp3) is 0.353. The number of aliphatic hydroxyl groups is 1. The van der Waals surface area contributed by atoms with Gasteiger partial charge >= 0.3 is 0 Å². The lowest BCUT2D eigenvalue weighted by Gasteiger charge is -2.31. The fourth-order valence-electron chi connectivity index (χ4n) is 3.00. The topological polar surface area (TPSA) is 61.6 Å². The van der Waals surface area contributed by atoms with Crippen LogP contribution in [0.5, 0.6) is 0 Å². The van der Waals surface area contributed by atoms with Gasteiger partial charge < -0.3 is 10.0 Å². The summed E-state index contributed by atoms with van der Waals surface area (Å²) in [4.78, 5) is 16.6. The van der Waals surface area contributed by atoms with Crippen molar-refractivity contribution in [1.82, 2.24) is 9.97 Å². The summed E-state index contributed by atoms with van der Waals surface area (Å²) in [6.45, 7) is 1.67. The second kappa shape index (κ2) is 6.29. The zero-order valence-corrected chi connectivity index (χ0v) is 13.5. The summed E-state index contributed by atoms with van der Waals surface area (Å²) >= 11 is 1.74. The van der Waals surface area contributed by atoms with Gasteiger partial charge in [-0.25, -0.2) is 9.97 Å². The molecule has 0 radical (unpaired) electrons. The Balaban J connectivity index is 1.72. The zero-order valence-electron chi connectivity index (χ0n) is 12.7. The number of fused-ring (bicyclic) bond motifs is 1. The maximum Gasteiger partial charge on any atom is 0.139 e. The molecule has 2 aliphatic heterocycles. The number of thioether (sulfide) groups is 1. The lowest BCUT2D eigenvalue weighted by atomic mass is 10.1. The van der Waals surface area contributed by atoms with Gasteiger partial charge in [0.05, 0.1) is 17.5 Å². The molecule has 0 unspecified atom stereocenters. The summed E-state index contributed by atoms with van der Waals surface area (Å²) in [6, 6.07) is 6.27. The van der Waals surface area contributed by atoms with Crippen LogP contribution < -0.4 is 4.90 Å². The van der Waals surface area contributed by atoms with Crippen molar-refractivity contribution in [2.75, 3.05) is 23.9 Å². The molecule has 4 rings (SSSR count). The van der Waals surface area contributed by atoms with E-state index >= 15 is 0 Å². The predicted molar refractivity (Wildman–Crippen MR) is 95.9 cm³/mol. The summed E-state index contributed by atoms with van der Waals surface area (Å²) in [7, 11) is 0. The number of allylic oxidation sites excluding steroid dienone is 1. The molecule has 3 heterocycles. The second-order valence-corrected chi connectivity index (χ2v) is 6.84. The first-order valence-corrected chi connectivity index (χ1v) is 8.80. The Morgan fingerprint density at radius 1 is 1.22 bits per heavy atom.